The predicted octanol–water partition coefficient (Wildman–Crippen LogP) is -0.283. The van der Waals surface area contributed by atoms with Gasteiger partial charge in [0, 0.05) is 13.1 Å². The molecule has 1 saturated heterocycles. The number of piperidine rings is 1. The van der Waals surface area contributed by atoms with Crippen LogP contribution in [0.15, 0.2) is 0 Å². The van der Waals surface area contributed by atoms with Crippen LogP contribution in [0.1, 0.15) is 13.3 Å². The molecule has 1 aliphatic heterocycles. The lowest BCUT2D eigenvalue weighted by molar-refractivity contribution is -0.128. The van der Waals surface area contributed by atoms with E-state index in [1.54, 1.807) is 0 Å². The maximum absolute atomic E-state index is 11.0. The van der Waals surface area contributed by atoms with Crippen LogP contribution in [0, 0.1) is 11.8 Å². The zero-order valence-corrected chi connectivity index (χ0v) is 6.26. The molecule has 0 aliphatic carbocycles. The third-order valence-electron chi connectivity index (χ3n) is 2.18. The van der Waals surface area contributed by atoms with E-state index in [-0.39, 0.29) is 11.8 Å². The third-order valence-corrected chi connectivity index (χ3v) is 2.18. The zero-order valence-electron chi connectivity index (χ0n) is 6.26. The molecule has 1 rings (SSSR count). The Morgan fingerprint density at radius 3 is 2.90 bits per heavy atom. The van der Waals surface area contributed by atoms with Crippen LogP contribution >= 0.6 is 0 Å². The lowest BCUT2D eigenvalue weighted by Gasteiger charge is -2.26. The van der Waals surface area contributed by atoms with Crippen LogP contribution in [-0.2, 0) is 4.79 Å². The van der Waals surface area contributed by atoms with Crippen molar-refractivity contribution < 1.29 is 4.79 Å². The van der Waals surface area contributed by atoms with Gasteiger partial charge in [0.1, 0.15) is 0 Å². The normalized spacial score (nSPS) is 33.6. The van der Waals surface area contributed by atoms with Crippen LogP contribution in [-0.4, -0.2) is 19.0 Å². The van der Waals surface area contributed by atoms with Gasteiger partial charge in [0.15, 0.2) is 0 Å². The summed E-state index contributed by atoms with van der Waals surface area (Å²) < 4.78 is 0. The number of nitrogens with one attached hydrogen (secondary N) is 1. The van der Waals surface area contributed by atoms with Crippen LogP contribution in [0.3, 0.4) is 0 Å². The Balaban J connectivity index is 2.53. The Labute approximate surface area is 61.0 Å². The summed E-state index contributed by atoms with van der Waals surface area (Å²) in [5, 5.41) is 2.79. The van der Waals surface area contributed by atoms with Crippen molar-refractivity contribution in [2.75, 3.05) is 13.1 Å². The van der Waals surface area contributed by atoms with E-state index in [2.05, 4.69) is 12.2 Å². The van der Waals surface area contributed by atoms with Gasteiger partial charge in [-0.2, -0.15) is 0 Å². The highest BCUT2D eigenvalue weighted by Gasteiger charge is 2.26. The van der Waals surface area contributed by atoms with Gasteiger partial charge in [-0.1, -0.05) is 6.92 Å². The summed E-state index contributed by atoms with van der Waals surface area (Å²) >= 11 is 0. The van der Waals surface area contributed by atoms with Crippen LogP contribution in [0.5, 0.6) is 0 Å². The van der Waals surface area contributed by atoms with Crippen molar-refractivity contribution in [1.82, 2.24) is 5.32 Å². The average Bonchev–Trinajstić information content (AvgIpc) is 1.88. The van der Waals surface area contributed by atoms with E-state index in [1.165, 1.54) is 0 Å². The van der Waals surface area contributed by atoms with Crippen molar-refractivity contribution >= 4 is 5.91 Å². The maximum atomic E-state index is 11.0. The quantitative estimate of drug-likeness (QED) is 0.529. The Bertz CT molecular complexity index is 136. The van der Waals surface area contributed by atoms with Crippen molar-refractivity contribution in [3.8, 4) is 0 Å². The van der Waals surface area contributed by atoms with Crippen LogP contribution in [0.25, 0.3) is 0 Å². The average molecular weight is 142 g/mol. The van der Waals surface area contributed by atoms with Crippen molar-refractivity contribution in [3.63, 3.8) is 0 Å². The van der Waals surface area contributed by atoms with Gasteiger partial charge in [-0.3, -0.25) is 4.79 Å². The first-order chi connectivity index (χ1) is 4.75. The van der Waals surface area contributed by atoms with Gasteiger partial charge in [0.2, 0.25) is 5.91 Å². The molecule has 3 N–H and O–H groups in total. The first kappa shape index (κ1) is 7.54. The van der Waals surface area contributed by atoms with Gasteiger partial charge >= 0.3 is 0 Å². The van der Waals surface area contributed by atoms with Crippen molar-refractivity contribution in [1.29, 1.82) is 0 Å². The van der Waals surface area contributed by atoms with Gasteiger partial charge in [0.05, 0.1) is 5.92 Å². The van der Waals surface area contributed by atoms with Gasteiger partial charge in [-0.25, -0.2) is 0 Å². The summed E-state index contributed by atoms with van der Waals surface area (Å²) in [6.45, 7) is 3.37. The van der Waals surface area contributed by atoms with Gasteiger partial charge in [0.25, 0.3) is 0 Å². The Morgan fingerprint density at radius 2 is 2.50 bits per heavy atom. The number of nitrogens with two attached hydrogens (primary N) is 1. The van der Waals surface area contributed by atoms with Crippen molar-refractivity contribution in [2.24, 2.45) is 17.6 Å². The maximum Gasteiger partial charge on any atom is 0.224 e. The van der Waals surface area contributed by atoms with E-state index in [0.717, 1.165) is 13.0 Å². The molecule has 0 aromatic carbocycles. The Kier molecular flexibility index (Phi) is 2.27. The fraction of sp³-hybridized carbons (Fsp3) is 0.857. The minimum absolute atomic E-state index is 0.0498. The molecule has 1 amide bonds. The molecule has 58 valence electrons. The third kappa shape index (κ3) is 1.29. The molecular formula is C7H14N2O. The summed E-state index contributed by atoms with van der Waals surface area (Å²) in [6, 6.07) is 0. The number of rotatable bonds is 1. The number of amides is 1. The highest BCUT2D eigenvalue weighted by Crippen LogP contribution is 2.17. The van der Waals surface area contributed by atoms with E-state index in [9.17, 15) is 4.79 Å². The Hall–Kier alpha value is -0.570. The topological polar surface area (TPSA) is 55.1 Å². The summed E-state index contributed by atoms with van der Waals surface area (Å²) in [6.07, 6.45) is 1.06. The molecule has 3 nitrogen and oxygen atoms in total. The second-order valence-corrected chi connectivity index (χ2v) is 2.90. The van der Waals surface area contributed by atoms with E-state index in [1.807, 2.05) is 0 Å². The SMILES string of the molecule is C[C@@H]1CCNC(=O)[C@H]1CN. The highest BCUT2D eigenvalue weighted by molar-refractivity contribution is 5.79. The van der Waals surface area contributed by atoms with Crippen LogP contribution in [0.2, 0.25) is 0 Å². The molecule has 0 spiro atoms. The van der Waals surface area contributed by atoms with E-state index < -0.39 is 0 Å². The summed E-state index contributed by atoms with van der Waals surface area (Å²) in [7, 11) is 0. The van der Waals surface area contributed by atoms with Gasteiger partial charge in [-0.05, 0) is 12.3 Å². The van der Waals surface area contributed by atoms with Gasteiger partial charge in [-0.15, -0.1) is 0 Å². The summed E-state index contributed by atoms with van der Waals surface area (Å²) in [5.74, 6) is 0.633. The lowest BCUT2D eigenvalue weighted by atomic mass is 9.88. The first-order valence-corrected chi connectivity index (χ1v) is 3.73. The van der Waals surface area contributed by atoms with Crippen molar-refractivity contribution in [2.45, 2.75) is 13.3 Å². The second-order valence-electron chi connectivity index (χ2n) is 2.90. The number of carbonyl (C=O) groups is 1. The molecule has 0 bridgehead atoms. The molecule has 1 aliphatic rings. The number of hydrogen-bond acceptors (Lipinski definition) is 2. The molecule has 1 heterocycles. The second kappa shape index (κ2) is 3.01. The molecule has 0 aromatic heterocycles. The van der Waals surface area contributed by atoms with E-state index in [0.29, 0.717) is 12.5 Å². The molecule has 10 heavy (non-hydrogen) atoms. The minimum Gasteiger partial charge on any atom is -0.356 e. The molecule has 0 radical (unpaired) electrons. The molecule has 1 fully saturated rings. The fourth-order valence-electron chi connectivity index (χ4n) is 1.35. The molecule has 0 saturated carbocycles. The largest absolute Gasteiger partial charge is 0.356 e. The monoisotopic (exact) mass is 142 g/mol. The van der Waals surface area contributed by atoms with E-state index in [4.69, 9.17) is 5.73 Å². The molecule has 0 aromatic rings. The lowest BCUT2D eigenvalue weighted by Crippen LogP contribution is -2.44. The summed E-state index contributed by atoms with van der Waals surface area (Å²) in [5.41, 5.74) is 5.42. The van der Waals surface area contributed by atoms with Gasteiger partial charge < -0.3 is 11.1 Å². The predicted molar refractivity (Wildman–Crippen MR) is 39.3 cm³/mol. The number of hydrogen-bond donors (Lipinski definition) is 2. The first-order valence-electron chi connectivity index (χ1n) is 3.73. The zero-order chi connectivity index (χ0) is 7.56. The van der Waals surface area contributed by atoms with Crippen LogP contribution < -0.4 is 11.1 Å². The smallest absolute Gasteiger partial charge is 0.224 e. The fourth-order valence-corrected chi connectivity index (χ4v) is 1.35. The molecule has 0 unspecified atom stereocenters. The van der Waals surface area contributed by atoms with E-state index >= 15 is 0 Å². The molecule has 2 atom stereocenters. The minimum atomic E-state index is 0.0498. The molecular weight excluding hydrogens is 128 g/mol. The standard InChI is InChI=1S/C7H14N2O/c1-5-2-3-9-7(10)6(5)4-8/h5-6H,2-4,8H2,1H3,(H,9,10)/t5-,6+/m1/s1. The Morgan fingerprint density at radius 1 is 1.80 bits per heavy atom. The van der Waals surface area contributed by atoms with Crippen molar-refractivity contribution in [3.05, 3.63) is 0 Å². The van der Waals surface area contributed by atoms with Crippen LogP contribution in [0.4, 0.5) is 0 Å². The number of carbonyl (C=O) groups excluding carboxylic acids is 1. The highest BCUT2D eigenvalue weighted by atomic mass is 16.1. The molecule has 3 heteroatoms. The summed E-state index contributed by atoms with van der Waals surface area (Å²) in [4.78, 5) is 11.0.